The molecule has 0 amide bonds. The van der Waals surface area contributed by atoms with Crippen molar-refractivity contribution in [3.63, 3.8) is 0 Å². The summed E-state index contributed by atoms with van der Waals surface area (Å²) < 4.78 is 40.0. The van der Waals surface area contributed by atoms with E-state index in [9.17, 15) is 12.8 Å². The molecule has 96 valence electrons. The van der Waals surface area contributed by atoms with Gasteiger partial charge in [-0.3, -0.25) is 9.40 Å². The van der Waals surface area contributed by atoms with Crippen LogP contribution in [0, 0.1) is 5.82 Å². The molecule has 0 saturated carbocycles. The fourth-order valence-corrected chi connectivity index (χ4v) is 2.43. The predicted molar refractivity (Wildman–Crippen MR) is 62.6 cm³/mol. The number of rotatable bonds is 3. The lowest BCUT2D eigenvalue weighted by molar-refractivity contribution is 0.600. The smallest absolute Gasteiger partial charge is 0.268 e. The third-order valence-electron chi connectivity index (χ3n) is 2.08. The minimum absolute atomic E-state index is 0.000321. The average Bonchev–Trinajstić information content (AvgIpc) is 2.62. The number of nitrogens with two attached hydrogens (primary N) is 1. The van der Waals surface area contributed by atoms with E-state index >= 15 is 0 Å². The van der Waals surface area contributed by atoms with Crippen LogP contribution in [-0.2, 0) is 17.1 Å². The highest BCUT2D eigenvalue weighted by Crippen LogP contribution is 2.18. The van der Waals surface area contributed by atoms with E-state index in [2.05, 4.69) is 14.8 Å². The van der Waals surface area contributed by atoms with Gasteiger partial charge in [0.25, 0.3) is 10.0 Å². The third kappa shape index (κ3) is 2.40. The van der Waals surface area contributed by atoms with Crippen LogP contribution in [0.3, 0.4) is 0 Å². The van der Waals surface area contributed by atoms with Crippen molar-refractivity contribution >= 4 is 21.7 Å². The molecule has 0 aromatic carbocycles. The van der Waals surface area contributed by atoms with Crippen molar-refractivity contribution in [1.29, 1.82) is 0 Å². The van der Waals surface area contributed by atoms with Crippen LogP contribution in [0.2, 0.25) is 0 Å². The fourth-order valence-electron chi connectivity index (χ4n) is 1.32. The SMILES string of the molecule is Cn1cc(S(=O)(=O)Nc2ccc(F)cn2)c(N)n1. The Balaban J connectivity index is 2.33. The number of nitrogen functional groups attached to an aromatic ring is 1. The zero-order valence-corrected chi connectivity index (χ0v) is 10.1. The average molecular weight is 271 g/mol. The molecule has 2 rings (SSSR count). The normalized spacial score (nSPS) is 11.4. The molecular formula is C9H10FN5O2S. The number of hydrogen-bond acceptors (Lipinski definition) is 5. The summed E-state index contributed by atoms with van der Waals surface area (Å²) in [6.45, 7) is 0. The van der Waals surface area contributed by atoms with Crippen LogP contribution < -0.4 is 10.5 Å². The summed E-state index contributed by atoms with van der Waals surface area (Å²) in [4.78, 5) is 3.44. The molecule has 7 nitrogen and oxygen atoms in total. The van der Waals surface area contributed by atoms with Gasteiger partial charge in [0.2, 0.25) is 0 Å². The molecule has 2 aromatic rings. The van der Waals surface area contributed by atoms with Crippen molar-refractivity contribution in [2.24, 2.45) is 7.05 Å². The summed E-state index contributed by atoms with van der Waals surface area (Å²) in [5.41, 5.74) is 5.47. The highest BCUT2D eigenvalue weighted by Gasteiger charge is 2.21. The maximum absolute atomic E-state index is 12.6. The number of hydrogen-bond donors (Lipinski definition) is 2. The van der Waals surface area contributed by atoms with Crippen molar-refractivity contribution in [1.82, 2.24) is 14.8 Å². The van der Waals surface area contributed by atoms with Gasteiger partial charge in [0.15, 0.2) is 5.82 Å². The zero-order valence-electron chi connectivity index (χ0n) is 9.33. The summed E-state index contributed by atoms with van der Waals surface area (Å²) in [5, 5.41) is 3.73. The van der Waals surface area contributed by atoms with Gasteiger partial charge in [0.1, 0.15) is 16.5 Å². The number of anilines is 2. The van der Waals surface area contributed by atoms with Crippen molar-refractivity contribution in [3.8, 4) is 0 Å². The topological polar surface area (TPSA) is 103 Å². The van der Waals surface area contributed by atoms with Gasteiger partial charge >= 0.3 is 0 Å². The molecule has 0 unspecified atom stereocenters. The van der Waals surface area contributed by atoms with E-state index in [-0.39, 0.29) is 16.5 Å². The summed E-state index contributed by atoms with van der Waals surface area (Å²) >= 11 is 0. The van der Waals surface area contributed by atoms with E-state index in [1.807, 2.05) is 0 Å². The fraction of sp³-hybridized carbons (Fsp3) is 0.111. The molecule has 0 aliphatic heterocycles. The van der Waals surface area contributed by atoms with Crippen LogP contribution >= 0.6 is 0 Å². The van der Waals surface area contributed by atoms with Crippen LogP contribution in [0.4, 0.5) is 16.0 Å². The van der Waals surface area contributed by atoms with Gasteiger partial charge in [0.05, 0.1) is 6.20 Å². The second-order valence-electron chi connectivity index (χ2n) is 3.52. The van der Waals surface area contributed by atoms with Crippen LogP contribution in [0.5, 0.6) is 0 Å². The Bertz CT molecular complexity index is 665. The van der Waals surface area contributed by atoms with Crippen molar-refractivity contribution in [2.75, 3.05) is 10.5 Å². The molecule has 0 spiro atoms. The Labute approximate surface area is 102 Å². The molecule has 0 radical (unpaired) electrons. The lowest BCUT2D eigenvalue weighted by Crippen LogP contribution is -2.14. The lowest BCUT2D eigenvalue weighted by Gasteiger charge is -2.05. The number of pyridine rings is 1. The molecular weight excluding hydrogens is 261 g/mol. The Kier molecular flexibility index (Phi) is 2.91. The lowest BCUT2D eigenvalue weighted by atomic mass is 10.5. The molecule has 0 aliphatic carbocycles. The monoisotopic (exact) mass is 271 g/mol. The highest BCUT2D eigenvalue weighted by atomic mass is 32.2. The molecule has 18 heavy (non-hydrogen) atoms. The van der Waals surface area contributed by atoms with E-state index < -0.39 is 15.8 Å². The van der Waals surface area contributed by atoms with Crippen molar-refractivity contribution in [3.05, 3.63) is 30.3 Å². The minimum atomic E-state index is -3.88. The first-order chi connectivity index (χ1) is 8.38. The number of nitrogens with one attached hydrogen (secondary N) is 1. The van der Waals surface area contributed by atoms with Crippen LogP contribution in [-0.4, -0.2) is 23.2 Å². The van der Waals surface area contributed by atoms with Crippen molar-refractivity contribution < 1.29 is 12.8 Å². The largest absolute Gasteiger partial charge is 0.381 e. The first-order valence-electron chi connectivity index (χ1n) is 4.82. The molecule has 2 aromatic heterocycles. The van der Waals surface area contributed by atoms with E-state index in [0.29, 0.717) is 0 Å². The molecule has 9 heteroatoms. The van der Waals surface area contributed by atoms with Gasteiger partial charge in [-0.15, -0.1) is 0 Å². The summed E-state index contributed by atoms with van der Waals surface area (Å²) in [5.74, 6) is -0.675. The number of aryl methyl sites for hydroxylation is 1. The van der Waals surface area contributed by atoms with E-state index in [1.54, 1.807) is 7.05 Å². The zero-order chi connectivity index (χ0) is 13.3. The summed E-state index contributed by atoms with van der Waals surface area (Å²) in [6, 6.07) is 2.30. The predicted octanol–water partition coefficient (Wildman–Crippen LogP) is 0.337. The van der Waals surface area contributed by atoms with Gasteiger partial charge < -0.3 is 5.73 Å². The summed E-state index contributed by atoms with van der Waals surface area (Å²) in [7, 11) is -2.33. The number of halogens is 1. The number of aromatic nitrogens is 3. The molecule has 0 atom stereocenters. The second-order valence-corrected chi connectivity index (χ2v) is 5.17. The van der Waals surface area contributed by atoms with Gasteiger partial charge in [-0.2, -0.15) is 5.10 Å². The first-order valence-corrected chi connectivity index (χ1v) is 6.30. The standard InChI is InChI=1S/C9H10FN5O2S/c1-15-5-7(9(11)13-15)18(16,17)14-8-3-2-6(10)4-12-8/h2-5H,1H3,(H2,11,13)(H,12,14). The van der Waals surface area contributed by atoms with Crippen LogP contribution in [0.15, 0.2) is 29.4 Å². The Hall–Kier alpha value is -2.16. The molecule has 0 saturated heterocycles. The van der Waals surface area contributed by atoms with E-state index in [1.165, 1.54) is 16.9 Å². The van der Waals surface area contributed by atoms with Crippen LogP contribution in [0.1, 0.15) is 0 Å². The molecule has 0 bridgehead atoms. The number of nitrogens with zero attached hydrogens (tertiary/aromatic N) is 3. The third-order valence-corrected chi connectivity index (χ3v) is 3.45. The van der Waals surface area contributed by atoms with E-state index in [0.717, 1.165) is 12.3 Å². The minimum Gasteiger partial charge on any atom is -0.381 e. The maximum Gasteiger partial charge on any atom is 0.268 e. The van der Waals surface area contributed by atoms with E-state index in [4.69, 9.17) is 5.73 Å². The Morgan fingerprint density at radius 3 is 2.67 bits per heavy atom. The Morgan fingerprint density at radius 1 is 1.44 bits per heavy atom. The molecule has 0 fully saturated rings. The Morgan fingerprint density at radius 2 is 2.17 bits per heavy atom. The second kappa shape index (κ2) is 4.26. The summed E-state index contributed by atoms with van der Waals surface area (Å²) in [6.07, 6.45) is 2.17. The molecule has 3 N–H and O–H groups in total. The van der Waals surface area contributed by atoms with Crippen molar-refractivity contribution in [2.45, 2.75) is 4.90 Å². The molecule has 2 heterocycles. The molecule has 0 aliphatic rings. The van der Waals surface area contributed by atoms with Gasteiger partial charge in [0, 0.05) is 13.2 Å². The van der Waals surface area contributed by atoms with Gasteiger partial charge in [-0.1, -0.05) is 0 Å². The van der Waals surface area contributed by atoms with Crippen LogP contribution in [0.25, 0.3) is 0 Å². The maximum atomic E-state index is 12.6. The first kappa shape index (κ1) is 12.3. The quantitative estimate of drug-likeness (QED) is 0.837. The number of sulfonamides is 1. The van der Waals surface area contributed by atoms with Gasteiger partial charge in [-0.05, 0) is 12.1 Å². The van der Waals surface area contributed by atoms with Gasteiger partial charge in [-0.25, -0.2) is 17.8 Å². The highest BCUT2D eigenvalue weighted by molar-refractivity contribution is 7.92.